The van der Waals surface area contributed by atoms with Crippen molar-refractivity contribution in [2.24, 2.45) is 9.98 Å². The van der Waals surface area contributed by atoms with E-state index in [-0.39, 0.29) is 41.6 Å². The molecule has 0 amide bonds. The molecule has 1 rings (SSSR count). The summed E-state index contributed by atoms with van der Waals surface area (Å²) in [6.45, 7) is 9.61. The molecule has 0 aromatic carbocycles. The molecule has 0 unspecified atom stereocenters. The van der Waals surface area contributed by atoms with Gasteiger partial charge in [-0.3, -0.25) is 9.98 Å². The molecule has 1 heterocycles. The minimum atomic E-state index is 0. The molecule has 0 atom stereocenters. The summed E-state index contributed by atoms with van der Waals surface area (Å²) < 4.78 is 0. The van der Waals surface area contributed by atoms with Crippen molar-refractivity contribution >= 4 is 11.4 Å². The fraction of sp³-hybridized carbons (Fsp3) is 0.462. The van der Waals surface area contributed by atoms with Gasteiger partial charge >= 0.3 is 16.8 Å². The molecule has 1 aromatic heterocycles. The first kappa shape index (κ1) is 23.7. The fourth-order valence-electron chi connectivity index (χ4n) is 1.47. The molecular weight excluding hydrogens is 328 g/mol. The molecule has 1 radical (unpaired) electrons. The first-order chi connectivity index (χ1) is 7.69. The number of pyridine rings is 1. The Labute approximate surface area is 138 Å². The van der Waals surface area contributed by atoms with Crippen LogP contribution < -0.4 is 24.8 Å². The Kier molecular flexibility index (Phi) is 15.7. The van der Waals surface area contributed by atoms with E-state index in [1.165, 1.54) is 0 Å². The van der Waals surface area contributed by atoms with Gasteiger partial charge in [0.15, 0.2) is 0 Å². The molecule has 0 saturated carbocycles. The molecule has 0 saturated heterocycles. The van der Waals surface area contributed by atoms with E-state index in [0.717, 1.165) is 35.9 Å². The van der Waals surface area contributed by atoms with Crippen LogP contribution in [0.15, 0.2) is 28.2 Å². The zero-order valence-corrected chi connectivity index (χ0v) is 14.1. The molecule has 3 nitrogen and oxygen atoms in total. The second kappa shape index (κ2) is 12.6. The van der Waals surface area contributed by atoms with Crippen LogP contribution in [0.5, 0.6) is 0 Å². The Morgan fingerprint density at radius 1 is 0.947 bits per heavy atom. The van der Waals surface area contributed by atoms with Gasteiger partial charge in [0.2, 0.25) is 0 Å². The van der Waals surface area contributed by atoms with Crippen molar-refractivity contribution in [2.45, 2.75) is 27.7 Å². The minimum Gasteiger partial charge on any atom is -1.00 e. The van der Waals surface area contributed by atoms with Crippen LogP contribution in [0.2, 0.25) is 0 Å². The van der Waals surface area contributed by atoms with Crippen LogP contribution in [0.3, 0.4) is 0 Å². The van der Waals surface area contributed by atoms with Crippen molar-refractivity contribution in [3.63, 3.8) is 0 Å². The normalized spacial score (nSPS) is 10.9. The third kappa shape index (κ3) is 7.67. The van der Waals surface area contributed by atoms with Crippen LogP contribution in [0, 0.1) is 0 Å². The summed E-state index contributed by atoms with van der Waals surface area (Å²) in [4.78, 5) is 13.3. The quantitative estimate of drug-likeness (QED) is 0.527. The maximum absolute atomic E-state index is 4.55. The molecule has 0 fully saturated rings. The number of aromatic nitrogens is 1. The standard InChI is InChI=1S/C13H19N3.2ClH.Co/c1-5-14-10(3)12-8-7-9-13(16-12)11(4)15-6-2;;;/h7-9H,5-6H2,1-4H3;2*1H;/q;;;+2/p-2. The van der Waals surface area contributed by atoms with Crippen molar-refractivity contribution in [3.8, 4) is 0 Å². The van der Waals surface area contributed by atoms with E-state index in [4.69, 9.17) is 0 Å². The zero-order chi connectivity index (χ0) is 12.0. The molecule has 109 valence electrons. The summed E-state index contributed by atoms with van der Waals surface area (Å²) in [5.41, 5.74) is 3.83. The molecule has 0 N–H and O–H groups in total. The predicted molar refractivity (Wildman–Crippen MR) is 69.7 cm³/mol. The summed E-state index contributed by atoms with van der Waals surface area (Å²) in [7, 11) is 0. The van der Waals surface area contributed by atoms with Crippen LogP contribution in [-0.4, -0.2) is 29.5 Å². The number of rotatable bonds is 4. The maximum Gasteiger partial charge on any atom is 2.00 e. The molecule has 0 aliphatic heterocycles. The topological polar surface area (TPSA) is 37.6 Å². The molecular formula is C13H19Cl2CoN3. The van der Waals surface area contributed by atoms with Gasteiger partial charge in [-0.05, 0) is 39.8 Å². The predicted octanol–water partition coefficient (Wildman–Crippen LogP) is -3.26. The van der Waals surface area contributed by atoms with Crippen molar-refractivity contribution < 1.29 is 41.6 Å². The Balaban J connectivity index is -0.000000853. The maximum atomic E-state index is 4.55. The summed E-state index contributed by atoms with van der Waals surface area (Å²) in [5.74, 6) is 0. The third-order valence-corrected chi connectivity index (χ3v) is 2.28. The van der Waals surface area contributed by atoms with Crippen LogP contribution in [-0.2, 0) is 16.8 Å². The average molecular weight is 347 g/mol. The van der Waals surface area contributed by atoms with Gasteiger partial charge in [-0.2, -0.15) is 0 Å². The van der Waals surface area contributed by atoms with E-state index in [0.29, 0.717) is 0 Å². The second-order valence-corrected chi connectivity index (χ2v) is 3.53. The molecule has 0 bridgehead atoms. The Bertz CT molecular complexity index is 385. The Morgan fingerprint density at radius 2 is 1.32 bits per heavy atom. The van der Waals surface area contributed by atoms with Gasteiger partial charge in [-0.25, -0.2) is 4.98 Å². The molecule has 19 heavy (non-hydrogen) atoms. The van der Waals surface area contributed by atoms with E-state index >= 15 is 0 Å². The summed E-state index contributed by atoms with van der Waals surface area (Å²) >= 11 is 0. The fourth-order valence-corrected chi connectivity index (χ4v) is 1.47. The smallest absolute Gasteiger partial charge is 1.00 e. The summed E-state index contributed by atoms with van der Waals surface area (Å²) in [6.07, 6.45) is 0. The molecule has 1 aromatic rings. The van der Waals surface area contributed by atoms with Crippen LogP contribution in [0.25, 0.3) is 0 Å². The number of hydrogen-bond acceptors (Lipinski definition) is 3. The number of halogens is 2. The van der Waals surface area contributed by atoms with Crippen LogP contribution >= 0.6 is 0 Å². The number of nitrogens with zero attached hydrogens (tertiary/aromatic N) is 3. The molecule has 6 heteroatoms. The minimum absolute atomic E-state index is 0. The molecule has 0 aliphatic rings. The first-order valence-electron chi connectivity index (χ1n) is 5.69. The third-order valence-electron chi connectivity index (χ3n) is 2.28. The van der Waals surface area contributed by atoms with E-state index in [1.807, 2.05) is 45.9 Å². The number of aliphatic imine (C=N–C) groups is 2. The zero-order valence-electron chi connectivity index (χ0n) is 11.6. The van der Waals surface area contributed by atoms with Gasteiger partial charge in [-0.1, -0.05) is 6.07 Å². The summed E-state index contributed by atoms with van der Waals surface area (Å²) in [6, 6.07) is 5.97. The van der Waals surface area contributed by atoms with Crippen molar-refractivity contribution in [3.05, 3.63) is 29.6 Å². The average Bonchev–Trinajstić information content (AvgIpc) is 2.30. The Morgan fingerprint density at radius 3 is 1.63 bits per heavy atom. The van der Waals surface area contributed by atoms with Gasteiger partial charge in [0, 0.05) is 13.1 Å². The Hall–Kier alpha value is -0.424. The van der Waals surface area contributed by atoms with Gasteiger partial charge in [0.1, 0.15) is 0 Å². The van der Waals surface area contributed by atoms with Crippen molar-refractivity contribution in [2.75, 3.05) is 13.1 Å². The van der Waals surface area contributed by atoms with Gasteiger partial charge in [0.05, 0.1) is 22.8 Å². The summed E-state index contributed by atoms with van der Waals surface area (Å²) in [5, 5.41) is 0. The second-order valence-electron chi connectivity index (χ2n) is 3.53. The SMILES string of the molecule is CCN=C(C)c1cccc(C(C)=NCC)n1.[Cl-].[Cl-].[Co+2]. The van der Waals surface area contributed by atoms with Crippen molar-refractivity contribution in [1.29, 1.82) is 0 Å². The van der Waals surface area contributed by atoms with Crippen molar-refractivity contribution in [1.82, 2.24) is 4.98 Å². The number of hydrogen-bond donors (Lipinski definition) is 0. The van der Waals surface area contributed by atoms with Gasteiger partial charge in [0.25, 0.3) is 0 Å². The van der Waals surface area contributed by atoms with E-state index in [2.05, 4.69) is 15.0 Å². The van der Waals surface area contributed by atoms with Crippen LogP contribution in [0.1, 0.15) is 39.1 Å². The van der Waals surface area contributed by atoms with Gasteiger partial charge in [-0.15, -0.1) is 0 Å². The van der Waals surface area contributed by atoms with Gasteiger partial charge < -0.3 is 24.8 Å². The largest absolute Gasteiger partial charge is 2.00 e. The van der Waals surface area contributed by atoms with Crippen LogP contribution in [0.4, 0.5) is 0 Å². The van der Waals surface area contributed by atoms with E-state index < -0.39 is 0 Å². The molecule has 0 aliphatic carbocycles. The molecule has 0 spiro atoms. The van der Waals surface area contributed by atoms with E-state index in [1.54, 1.807) is 0 Å². The van der Waals surface area contributed by atoms with E-state index in [9.17, 15) is 0 Å². The monoisotopic (exact) mass is 346 g/mol. The first-order valence-corrected chi connectivity index (χ1v) is 5.69.